The molecule has 0 bridgehead atoms. The number of amides is 2. The van der Waals surface area contributed by atoms with Gasteiger partial charge in [-0.3, -0.25) is 9.59 Å². The van der Waals surface area contributed by atoms with E-state index in [1.165, 1.54) is 25.8 Å². The first kappa shape index (κ1) is 36.6. The van der Waals surface area contributed by atoms with E-state index in [2.05, 4.69) is 31.7 Å². The average Bonchev–Trinajstić information content (AvgIpc) is 2.72. The van der Waals surface area contributed by atoms with Gasteiger partial charge in [0.2, 0.25) is 5.91 Å². The number of hydrogen-bond donors (Lipinski definition) is 3. The summed E-state index contributed by atoms with van der Waals surface area (Å²) in [7, 11) is 4.21. The molecule has 0 saturated heterocycles. The number of nitrogens with one attached hydrogen (secondary N) is 1. The third-order valence-corrected chi connectivity index (χ3v) is 3.07. The first-order valence-electron chi connectivity index (χ1n) is 10.4. The van der Waals surface area contributed by atoms with Crippen LogP contribution >= 0.6 is 0 Å². The number of aliphatic carboxylic acids is 1. The van der Waals surface area contributed by atoms with Gasteiger partial charge in [0, 0.05) is 6.61 Å². The van der Waals surface area contributed by atoms with Crippen molar-refractivity contribution in [2.24, 2.45) is 5.73 Å². The number of carbonyl (C=O) groups is 2. The normalized spacial score (nSPS) is 9.53. The molecule has 0 radical (unpaired) electrons. The molecule has 12 heteroatoms. The van der Waals surface area contributed by atoms with Gasteiger partial charge in [-0.25, -0.2) is 0 Å². The number of nitrogens with zero attached hydrogens (tertiary/aromatic N) is 1. The smallest absolute Gasteiger partial charge is 0.305 e. The molecule has 0 heterocycles. The zero-order chi connectivity index (χ0) is 24.2. The molecule has 11 nitrogen and oxygen atoms in total. The fourth-order valence-corrected chi connectivity index (χ4v) is 1.56. The van der Waals surface area contributed by atoms with E-state index < -0.39 is 11.9 Å². The Morgan fingerprint density at radius 1 is 0.938 bits per heavy atom. The number of carbonyl (C=O) groups excluding carboxylic acids is 2. The first-order chi connectivity index (χ1) is 14.8. The van der Waals surface area contributed by atoms with Gasteiger partial charge in [0.15, 0.2) is 0 Å². The second kappa shape index (κ2) is 32.9. The Balaban J connectivity index is -0.000000217. The fraction of sp³-hybridized carbons (Fsp3) is 0.850. The molecule has 0 fully saturated rings. The van der Waals surface area contributed by atoms with Gasteiger partial charge in [-0.05, 0) is 34.0 Å². The van der Waals surface area contributed by atoms with Crippen LogP contribution in [-0.4, -0.2) is 108 Å². The van der Waals surface area contributed by atoms with Gasteiger partial charge in [0.1, 0.15) is 0 Å². The zero-order valence-electron chi connectivity index (χ0n) is 19.8. The van der Waals surface area contributed by atoms with E-state index in [-0.39, 0.29) is 19.6 Å². The maximum Gasteiger partial charge on any atom is 0.305 e. The Morgan fingerprint density at radius 3 is 1.69 bits per heavy atom. The van der Waals surface area contributed by atoms with Crippen molar-refractivity contribution < 1.29 is 38.4 Å². The summed E-state index contributed by atoms with van der Waals surface area (Å²) < 4.78 is 20.6. The predicted octanol–water partition coefficient (Wildman–Crippen LogP) is 0.0240. The number of carboxylic acid groups (broad SMARTS) is 1. The predicted molar refractivity (Wildman–Crippen MR) is 118 cm³/mol. The van der Waals surface area contributed by atoms with E-state index in [0.29, 0.717) is 46.2 Å². The second-order valence-corrected chi connectivity index (χ2v) is 6.26. The van der Waals surface area contributed by atoms with Crippen molar-refractivity contribution in [2.45, 2.75) is 33.1 Å². The van der Waals surface area contributed by atoms with E-state index in [0.717, 1.165) is 0 Å². The minimum Gasteiger partial charge on any atom is -0.522 e. The van der Waals surface area contributed by atoms with Crippen LogP contribution in [0.25, 0.3) is 0 Å². The van der Waals surface area contributed by atoms with Crippen LogP contribution in [0, 0.1) is 0 Å². The van der Waals surface area contributed by atoms with E-state index >= 15 is 0 Å². The van der Waals surface area contributed by atoms with Crippen molar-refractivity contribution >= 4 is 18.3 Å². The third-order valence-electron chi connectivity index (χ3n) is 3.07. The van der Waals surface area contributed by atoms with Crippen LogP contribution in [0.5, 0.6) is 0 Å². The molecule has 0 aliphatic carbocycles. The van der Waals surface area contributed by atoms with Crippen LogP contribution in [0.3, 0.4) is 0 Å². The molecule has 4 N–H and O–H groups in total. The molecular weight excluding hydrogens is 667 g/mol. The number of ether oxygens (including phenoxy) is 4. The van der Waals surface area contributed by atoms with E-state index in [4.69, 9.17) is 24.1 Å². The quantitative estimate of drug-likeness (QED) is 0.0960. The number of carboxylic acids is 1. The average molecular weight is 710 g/mol. The van der Waals surface area contributed by atoms with Crippen molar-refractivity contribution in [3.63, 3.8) is 0 Å². The summed E-state index contributed by atoms with van der Waals surface area (Å²) in [5, 5.41) is 10.3. The van der Waals surface area contributed by atoms with Gasteiger partial charge in [-0.15, -0.1) is 0 Å². The van der Waals surface area contributed by atoms with Gasteiger partial charge in [0.05, 0.1) is 59.2 Å². The topological polar surface area (TPSA) is 150 Å². The standard InChI is InChI=1S/C11H22O6.C6H15N.C3H5N2O2.Fm/c1-2-14-5-6-16-9-10-17-8-7-15-4-3-11(12)13;1-4-5-6-7(2)3;4-3(7)1-5-2-6;/h2-10H2,1H3,(H,12,13);4-6H2,1-3H3;1H2,(H2,4,7)(H,5,6);/q;;-1;. The number of nitrogens with two attached hydrogens (primary N) is 1. The molecule has 0 aromatic carbocycles. The minimum atomic E-state index is -0.853. The van der Waals surface area contributed by atoms with Crippen molar-refractivity contribution in [1.29, 1.82) is 0 Å². The molecule has 0 aliphatic heterocycles. The van der Waals surface area contributed by atoms with Gasteiger partial charge in [-0.2, -0.15) is 6.41 Å². The monoisotopic (exact) mass is 709 g/mol. The van der Waals surface area contributed by atoms with Crippen molar-refractivity contribution in [3.8, 4) is 0 Å². The third kappa shape index (κ3) is 50.7. The number of unbranched alkanes of at least 4 members (excludes halogenated alkanes) is 1. The molecule has 0 spiro atoms. The maximum atomic E-state index is 10.1. The number of primary amides is 1. The fourth-order valence-electron chi connectivity index (χ4n) is 1.56. The minimum absolute atomic E-state index is 0. The molecule has 0 saturated carbocycles. The first-order valence-corrected chi connectivity index (χ1v) is 10.4. The molecule has 0 aromatic rings. The summed E-state index contributed by atoms with van der Waals surface area (Å²) in [6, 6.07) is 0. The van der Waals surface area contributed by atoms with Crippen molar-refractivity contribution in [3.05, 3.63) is 0 Å². The molecule has 2 amide bonds. The molecule has 0 atom stereocenters. The van der Waals surface area contributed by atoms with Gasteiger partial charge in [-0.1, -0.05) is 13.3 Å². The summed E-state index contributed by atoms with van der Waals surface area (Å²) >= 11 is 0. The number of hydrogen-bond acceptors (Lipinski definition) is 8. The van der Waals surface area contributed by atoms with E-state index in [1.807, 2.05) is 12.2 Å². The van der Waals surface area contributed by atoms with Crippen LogP contribution in [0.4, 0.5) is 0 Å². The Hall–Kier alpha value is -2.79. The largest absolute Gasteiger partial charge is 0.522 e. The molecule has 32 heavy (non-hydrogen) atoms. The summed E-state index contributed by atoms with van der Waals surface area (Å²) in [4.78, 5) is 31.4. The molecule has 0 aliphatic rings. The zero-order valence-corrected chi connectivity index (χ0v) is 22.2. The number of rotatable bonds is 19. The summed E-state index contributed by atoms with van der Waals surface area (Å²) in [6.45, 7) is 9.26. The summed E-state index contributed by atoms with van der Waals surface area (Å²) in [6.07, 6.45) is 3.96. The van der Waals surface area contributed by atoms with E-state index in [1.54, 1.807) is 0 Å². The van der Waals surface area contributed by atoms with Crippen LogP contribution in [0.2, 0.25) is 0 Å². The second-order valence-electron chi connectivity index (χ2n) is 6.26. The van der Waals surface area contributed by atoms with Crippen molar-refractivity contribution in [2.75, 3.05) is 80.0 Å². The van der Waals surface area contributed by atoms with E-state index in [9.17, 15) is 14.4 Å². The Bertz CT molecular complexity index is 405. The van der Waals surface area contributed by atoms with Crippen LogP contribution < -0.4 is 11.1 Å². The van der Waals surface area contributed by atoms with Gasteiger partial charge < -0.3 is 44.8 Å². The van der Waals surface area contributed by atoms with Crippen molar-refractivity contribution in [1.82, 2.24) is 10.2 Å². The van der Waals surface area contributed by atoms with Gasteiger partial charge >= 0.3 is 5.97 Å². The summed E-state index contributed by atoms with van der Waals surface area (Å²) in [5.41, 5.74) is 4.60. The Labute approximate surface area is 186 Å². The molecule has 0 aromatic heterocycles. The molecule has 198 valence electrons. The molecule has 0 rings (SSSR count). The molecule has 0 unspecified atom stereocenters. The molecular formula is C20H42FmN3O8-. The van der Waals surface area contributed by atoms with Gasteiger partial charge in [0.25, 0.3) is 0 Å². The van der Waals surface area contributed by atoms with Crippen LogP contribution in [0.1, 0.15) is 33.1 Å². The Kier molecular flexibility index (Phi) is 37.6. The SMILES string of the molecule is CCCCN(C)C.CCOCCOCCOCCOCCC(=O)O.NC(=O)CN[C-]=O.[Fm]. The Morgan fingerprint density at radius 2 is 1.41 bits per heavy atom. The van der Waals surface area contributed by atoms with Crippen LogP contribution in [-0.2, 0) is 33.3 Å². The van der Waals surface area contributed by atoms with Crippen LogP contribution in [0.15, 0.2) is 0 Å². The maximum absolute atomic E-state index is 10.1. The summed E-state index contributed by atoms with van der Waals surface area (Å²) in [5.74, 6) is -1.42.